The molecular weight excluding hydrogens is 174 g/mol. The quantitative estimate of drug-likeness (QED) is 0.457. The van der Waals surface area contributed by atoms with E-state index in [1.54, 1.807) is 0 Å². The molecule has 0 aliphatic carbocycles. The number of hydrogen-bond acceptors (Lipinski definition) is 4. The fraction of sp³-hybridized carbons (Fsp3) is 0. The molecule has 0 aliphatic rings. The van der Waals surface area contributed by atoms with Crippen LogP contribution < -0.4 is 29.7 Å². The first-order valence-electron chi connectivity index (χ1n) is 2.73. The molecule has 0 saturated carbocycles. The van der Waals surface area contributed by atoms with Crippen molar-refractivity contribution in [2.75, 3.05) is 5.73 Å². The van der Waals surface area contributed by atoms with Crippen molar-refractivity contribution in [1.82, 2.24) is 4.98 Å². The maximum atomic E-state index is 10.3. The van der Waals surface area contributed by atoms with Crippen molar-refractivity contribution in [3.8, 4) is 0 Å². The molecule has 0 bridgehead atoms. The van der Waals surface area contributed by atoms with Gasteiger partial charge in [-0.15, -0.1) is 0 Å². The first kappa shape index (κ1) is 11.3. The molecule has 0 unspecified atom stereocenters. The fourth-order valence-corrected chi connectivity index (χ4v) is 0.771. The summed E-state index contributed by atoms with van der Waals surface area (Å²) in [4.78, 5) is 13.8. The molecule has 58 valence electrons. The molecule has 0 atom stereocenters. The minimum Gasteiger partial charge on any atom is -0.545 e. The van der Waals surface area contributed by atoms with Gasteiger partial charge < -0.3 is 15.6 Å². The minimum atomic E-state index is -1.38. The Morgan fingerprint density at radius 3 is 2.67 bits per heavy atom. The second-order valence-electron chi connectivity index (χ2n) is 1.87. The zero-order chi connectivity index (χ0) is 8.43. The van der Waals surface area contributed by atoms with Crippen LogP contribution in [0.2, 0.25) is 5.02 Å². The van der Waals surface area contributed by atoms with Gasteiger partial charge in [0.15, 0.2) is 0 Å². The number of rotatable bonds is 1. The Labute approximate surface area is 85.9 Å². The summed E-state index contributed by atoms with van der Waals surface area (Å²) < 4.78 is 0. The topological polar surface area (TPSA) is 79.0 Å². The normalized spacial score (nSPS) is 8.75. The Hall–Kier alpha value is -0.693. The molecule has 0 aromatic carbocycles. The third kappa shape index (κ3) is 2.42. The van der Waals surface area contributed by atoms with Gasteiger partial charge >= 0.3 is 18.9 Å². The zero-order valence-corrected chi connectivity index (χ0v) is 7.13. The average Bonchev–Trinajstić information content (AvgIpc) is 1.94. The molecule has 4 nitrogen and oxygen atoms in total. The molecule has 0 fully saturated rings. The molecule has 1 aromatic heterocycles. The maximum Gasteiger partial charge on any atom is 1.00 e. The van der Waals surface area contributed by atoms with E-state index in [0.29, 0.717) is 0 Å². The van der Waals surface area contributed by atoms with Crippen LogP contribution in [0.1, 0.15) is 10.4 Å². The molecule has 6 heteroatoms. The van der Waals surface area contributed by atoms with Gasteiger partial charge in [-0.1, -0.05) is 11.6 Å². The number of nitrogen functional groups attached to an aromatic ring is 1. The summed E-state index contributed by atoms with van der Waals surface area (Å²) in [5, 5.41) is 10.5. The van der Waals surface area contributed by atoms with Gasteiger partial charge in [-0.2, -0.15) is 0 Å². The number of pyridine rings is 1. The fourth-order valence-electron chi connectivity index (χ4n) is 0.613. The van der Waals surface area contributed by atoms with Crippen LogP contribution in [0, 0.1) is 0 Å². The molecule has 2 N–H and O–H groups in total. The Morgan fingerprint density at radius 2 is 2.25 bits per heavy atom. The number of halogens is 1. The van der Waals surface area contributed by atoms with Crippen molar-refractivity contribution < 1.29 is 28.8 Å². The number of carbonyl (C=O) groups excluding carboxylic acids is 1. The van der Waals surface area contributed by atoms with E-state index in [0.717, 1.165) is 0 Å². The van der Waals surface area contributed by atoms with Gasteiger partial charge in [-0.3, -0.25) is 0 Å². The van der Waals surface area contributed by atoms with Gasteiger partial charge in [0.25, 0.3) is 0 Å². The van der Waals surface area contributed by atoms with E-state index in [4.69, 9.17) is 17.3 Å². The number of nitrogens with two attached hydrogens (primary N) is 1. The molecule has 1 aromatic rings. The van der Waals surface area contributed by atoms with Crippen molar-refractivity contribution in [2.24, 2.45) is 0 Å². The van der Waals surface area contributed by atoms with E-state index < -0.39 is 5.97 Å². The van der Waals surface area contributed by atoms with E-state index in [9.17, 15) is 9.90 Å². The van der Waals surface area contributed by atoms with E-state index in [1.165, 1.54) is 12.3 Å². The smallest absolute Gasteiger partial charge is 0.545 e. The number of anilines is 1. The Bertz CT molecular complexity index is 306. The molecule has 1 heterocycles. The van der Waals surface area contributed by atoms with E-state index >= 15 is 0 Å². The van der Waals surface area contributed by atoms with Gasteiger partial charge in [0.05, 0.1) is 11.0 Å². The van der Waals surface area contributed by atoms with Gasteiger partial charge in [0.1, 0.15) is 5.82 Å². The van der Waals surface area contributed by atoms with E-state index in [-0.39, 0.29) is 35.3 Å². The monoisotopic (exact) mass is 178 g/mol. The Kier molecular flexibility index (Phi) is 4.11. The van der Waals surface area contributed by atoms with Crippen LogP contribution >= 0.6 is 11.6 Å². The van der Waals surface area contributed by atoms with Gasteiger partial charge in [-0.25, -0.2) is 4.98 Å². The predicted octanol–water partition coefficient (Wildman–Crippen LogP) is -3.32. The third-order valence-corrected chi connectivity index (χ3v) is 1.31. The van der Waals surface area contributed by atoms with Crippen LogP contribution in [-0.2, 0) is 0 Å². The Balaban J connectivity index is 0.00000121. The molecule has 0 aliphatic heterocycles. The van der Waals surface area contributed by atoms with Crippen LogP contribution in [0.3, 0.4) is 0 Å². The summed E-state index contributed by atoms with van der Waals surface area (Å²) in [6, 6.07) is 1.19. The number of aromatic nitrogens is 1. The summed E-state index contributed by atoms with van der Waals surface area (Å²) in [5.74, 6) is -1.47. The molecule has 0 amide bonds. The molecule has 0 spiro atoms. The SMILES string of the molecule is Nc1ncc(Cl)cc1C(=O)[O-].[Li+]. The first-order valence-corrected chi connectivity index (χ1v) is 3.11. The van der Waals surface area contributed by atoms with Crippen molar-refractivity contribution in [1.29, 1.82) is 0 Å². The van der Waals surface area contributed by atoms with Gasteiger partial charge in [-0.05, 0) is 6.07 Å². The minimum absolute atomic E-state index is 0. The van der Waals surface area contributed by atoms with Gasteiger partial charge in [0.2, 0.25) is 0 Å². The first-order chi connectivity index (χ1) is 5.11. The molecule has 0 saturated heterocycles. The van der Waals surface area contributed by atoms with E-state index in [1.807, 2.05) is 0 Å². The average molecular weight is 179 g/mol. The standard InChI is InChI=1S/C6H5ClN2O2.Li/c7-3-1-4(6(10)11)5(8)9-2-3;/h1-2H,(H2,8,9)(H,10,11);/q;+1/p-1. The van der Waals surface area contributed by atoms with Crippen LogP contribution in [-0.4, -0.2) is 11.0 Å². The summed E-state index contributed by atoms with van der Waals surface area (Å²) in [6.07, 6.45) is 1.27. The summed E-state index contributed by atoms with van der Waals surface area (Å²) in [6.45, 7) is 0. The Morgan fingerprint density at radius 1 is 1.67 bits per heavy atom. The molecule has 1 rings (SSSR count). The van der Waals surface area contributed by atoms with Crippen LogP contribution in [0.4, 0.5) is 5.82 Å². The number of carboxylic acids is 1. The number of aromatic carboxylic acids is 1. The number of hydrogen-bond donors (Lipinski definition) is 1. The largest absolute Gasteiger partial charge is 1.00 e. The van der Waals surface area contributed by atoms with Crippen molar-refractivity contribution in [2.45, 2.75) is 0 Å². The van der Waals surface area contributed by atoms with Crippen molar-refractivity contribution in [3.05, 3.63) is 22.8 Å². The van der Waals surface area contributed by atoms with Gasteiger partial charge in [0, 0.05) is 11.8 Å². The van der Waals surface area contributed by atoms with Crippen molar-refractivity contribution in [3.63, 3.8) is 0 Å². The number of nitrogens with zero attached hydrogens (tertiary/aromatic N) is 1. The zero-order valence-electron chi connectivity index (χ0n) is 6.37. The van der Waals surface area contributed by atoms with E-state index in [2.05, 4.69) is 4.98 Å². The maximum absolute atomic E-state index is 10.3. The summed E-state index contributed by atoms with van der Waals surface area (Å²) in [5.41, 5.74) is 5.02. The van der Waals surface area contributed by atoms with Crippen LogP contribution in [0.25, 0.3) is 0 Å². The molecule has 12 heavy (non-hydrogen) atoms. The van der Waals surface area contributed by atoms with Crippen LogP contribution in [0.15, 0.2) is 12.3 Å². The molecular formula is C6H4ClLiN2O2. The second kappa shape index (κ2) is 4.36. The number of carboxylic acid groups (broad SMARTS) is 1. The summed E-state index contributed by atoms with van der Waals surface area (Å²) >= 11 is 5.45. The second-order valence-corrected chi connectivity index (χ2v) is 2.31. The molecule has 0 radical (unpaired) electrons. The third-order valence-electron chi connectivity index (χ3n) is 1.11. The van der Waals surface area contributed by atoms with Crippen molar-refractivity contribution >= 4 is 23.4 Å². The number of carbonyl (C=O) groups is 1. The predicted molar refractivity (Wildman–Crippen MR) is 38.0 cm³/mol. The van der Waals surface area contributed by atoms with Crippen LogP contribution in [0.5, 0.6) is 0 Å². The summed E-state index contributed by atoms with van der Waals surface area (Å²) in [7, 11) is 0.